The van der Waals surface area contributed by atoms with E-state index in [2.05, 4.69) is 87.8 Å². The minimum absolute atomic E-state index is 0.556. The van der Waals surface area contributed by atoms with Gasteiger partial charge in [0.15, 0.2) is 5.69 Å². The number of benzene rings is 2. The molecule has 0 bridgehead atoms. The molecule has 0 fully saturated rings. The summed E-state index contributed by atoms with van der Waals surface area (Å²) in [5, 5.41) is 2.66. The van der Waals surface area contributed by atoms with Crippen LogP contribution >= 0.6 is 0 Å². The Kier molecular flexibility index (Phi) is 3.74. The molecule has 0 amide bonds. The second-order valence-corrected chi connectivity index (χ2v) is 6.51. The third-order valence-electron chi connectivity index (χ3n) is 4.63. The zero-order valence-corrected chi connectivity index (χ0v) is 14.1. The van der Waals surface area contributed by atoms with E-state index in [0.29, 0.717) is 5.92 Å². The molecule has 1 heterocycles. The average molecular weight is 290 g/mol. The van der Waals surface area contributed by atoms with Crippen LogP contribution in [0, 0.1) is 13.8 Å². The molecular weight excluding hydrogens is 266 g/mol. The van der Waals surface area contributed by atoms with E-state index >= 15 is 0 Å². The molecule has 0 atom stereocenters. The first-order valence-electron chi connectivity index (χ1n) is 7.98. The van der Waals surface area contributed by atoms with Crippen LogP contribution in [0.2, 0.25) is 0 Å². The van der Waals surface area contributed by atoms with E-state index < -0.39 is 0 Å². The quantitative estimate of drug-likeness (QED) is 0.580. The van der Waals surface area contributed by atoms with Crippen LogP contribution in [0.5, 0.6) is 0 Å². The van der Waals surface area contributed by atoms with Gasteiger partial charge in [0.1, 0.15) is 7.05 Å². The number of aromatic nitrogens is 1. The number of pyridine rings is 1. The fourth-order valence-corrected chi connectivity index (χ4v) is 3.12. The lowest BCUT2D eigenvalue weighted by atomic mass is 9.95. The smallest absolute Gasteiger partial charge is 0.198 e. The highest BCUT2D eigenvalue weighted by Crippen LogP contribution is 2.30. The van der Waals surface area contributed by atoms with Gasteiger partial charge in [0, 0.05) is 18.6 Å². The standard InChI is InChI=1S/C21H24N/c1-14(2)17-10-11-20-18(13-17)12-16(4)22(5)21(20)19-9-7-6-8-15(19)3/h6-14H,1-5H3/q+1. The van der Waals surface area contributed by atoms with Gasteiger partial charge in [0.2, 0.25) is 5.69 Å². The molecule has 112 valence electrons. The van der Waals surface area contributed by atoms with E-state index in [-0.39, 0.29) is 0 Å². The molecule has 0 aliphatic carbocycles. The van der Waals surface area contributed by atoms with Gasteiger partial charge in [-0.2, -0.15) is 4.57 Å². The minimum Gasteiger partial charge on any atom is -0.198 e. The second-order valence-electron chi connectivity index (χ2n) is 6.51. The summed E-state index contributed by atoms with van der Waals surface area (Å²) in [5.74, 6) is 0.556. The molecule has 0 spiro atoms. The Morgan fingerprint density at radius 3 is 2.32 bits per heavy atom. The molecule has 0 saturated carbocycles. The Labute approximate surface area is 133 Å². The third kappa shape index (κ3) is 2.41. The maximum absolute atomic E-state index is 2.34. The van der Waals surface area contributed by atoms with Crippen molar-refractivity contribution >= 4 is 10.8 Å². The largest absolute Gasteiger partial charge is 0.220 e. The third-order valence-corrected chi connectivity index (χ3v) is 4.63. The van der Waals surface area contributed by atoms with Gasteiger partial charge in [-0.1, -0.05) is 44.2 Å². The lowest BCUT2D eigenvalue weighted by Gasteiger charge is -2.12. The van der Waals surface area contributed by atoms with Crippen molar-refractivity contribution in [2.75, 3.05) is 0 Å². The van der Waals surface area contributed by atoms with Crippen molar-refractivity contribution in [1.82, 2.24) is 0 Å². The van der Waals surface area contributed by atoms with Crippen LogP contribution in [0.15, 0.2) is 48.5 Å². The van der Waals surface area contributed by atoms with Crippen molar-refractivity contribution in [2.24, 2.45) is 7.05 Å². The van der Waals surface area contributed by atoms with Gasteiger partial charge in [-0.15, -0.1) is 0 Å². The van der Waals surface area contributed by atoms with E-state index in [4.69, 9.17) is 0 Å². The Morgan fingerprint density at radius 1 is 0.909 bits per heavy atom. The molecule has 1 nitrogen and oxygen atoms in total. The van der Waals surface area contributed by atoms with E-state index in [1.165, 1.54) is 38.9 Å². The summed E-state index contributed by atoms with van der Waals surface area (Å²) in [4.78, 5) is 0. The molecule has 2 aromatic carbocycles. The zero-order chi connectivity index (χ0) is 15.9. The van der Waals surface area contributed by atoms with Crippen LogP contribution in [-0.4, -0.2) is 0 Å². The summed E-state index contributed by atoms with van der Waals surface area (Å²) in [5.41, 5.74) is 6.63. The molecule has 0 aliphatic heterocycles. The molecule has 3 rings (SSSR count). The van der Waals surface area contributed by atoms with Crippen molar-refractivity contribution in [2.45, 2.75) is 33.6 Å². The normalized spacial score (nSPS) is 11.4. The maximum atomic E-state index is 2.34. The monoisotopic (exact) mass is 290 g/mol. The number of aryl methyl sites for hydroxylation is 2. The maximum Gasteiger partial charge on any atom is 0.220 e. The van der Waals surface area contributed by atoms with Crippen LogP contribution in [0.3, 0.4) is 0 Å². The average Bonchev–Trinajstić information content (AvgIpc) is 2.49. The topological polar surface area (TPSA) is 3.88 Å². The Balaban J connectivity index is 2.38. The molecule has 1 aromatic heterocycles. The van der Waals surface area contributed by atoms with Gasteiger partial charge >= 0.3 is 0 Å². The molecule has 0 aliphatic rings. The Morgan fingerprint density at radius 2 is 1.64 bits per heavy atom. The number of rotatable bonds is 2. The first kappa shape index (κ1) is 14.8. The lowest BCUT2D eigenvalue weighted by Crippen LogP contribution is -2.35. The summed E-state index contributed by atoms with van der Waals surface area (Å²) < 4.78 is 2.31. The van der Waals surface area contributed by atoms with Crippen LogP contribution in [0.25, 0.3) is 22.0 Å². The lowest BCUT2D eigenvalue weighted by molar-refractivity contribution is -0.665. The fourth-order valence-electron chi connectivity index (χ4n) is 3.12. The first-order valence-corrected chi connectivity index (χ1v) is 7.98. The van der Waals surface area contributed by atoms with Gasteiger partial charge in [-0.25, -0.2) is 0 Å². The predicted molar refractivity (Wildman–Crippen MR) is 94.1 cm³/mol. The molecule has 0 N–H and O–H groups in total. The Hall–Kier alpha value is -2.15. The molecule has 22 heavy (non-hydrogen) atoms. The molecule has 3 aromatic rings. The number of nitrogens with zero attached hydrogens (tertiary/aromatic N) is 1. The molecular formula is C21H24N+. The van der Waals surface area contributed by atoms with Gasteiger partial charge < -0.3 is 0 Å². The van der Waals surface area contributed by atoms with E-state index in [1.54, 1.807) is 0 Å². The summed E-state index contributed by atoms with van der Waals surface area (Å²) >= 11 is 0. The van der Waals surface area contributed by atoms with E-state index in [9.17, 15) is 0 Å². The molecule has 1 heteroatoms. The summed E-state index contributed by atoms with van der Waals surface area (Å²) in [6.07, 6.45) is 0. The fraction of sp³-hybridized carbons (Fsp3) is 0.286. The van der Waals surface area contributed by atoms with Crippen LogP contribution in [0.1, 0.15) is 36.6 Å². The van der Waals surface area contributed by atoms with E-state index in [0.717, 1.165) is 0 Å². The SMILES string of the molecule is Cc1ccccc1-c1c2ccc(C(C)C)cc2cc(C)[n+]1C. The summed E-state index contributed by atoms with van der Waals surface area (Å²) in [6, 6.07) is 17.8. The Bertz CT molecular complexity index is 844. The van der Waals surface area contributed by atoms with Gasteiger partial charge in [0.25, 0.3) is 0 Å². The molecule has 0 saturated heterocycles. The second kappa shape index (κ2) is 5.57. The number of fused-ring (bicyclic) bond motifs is 1. The predicted octanol–water partition coefficient (Wildman–Crippen LogP) is 5.07. The number of hydrogen-bond donors (Lipinski definition) is 0. The van der Waals surface area contributed by atoms with Gasteiger partial charge in [-0.05, 0) is 41.5 Å². The van der Waals surface area contributed by atoms with Crippen molar-refractivity contribution in [3.8, 4) is 11.3 Å². The zero-order valence-electron chi connectivity index (χ0n) is 14.1. The van der Waals surface area contributed by atoms with Crippen molar-refractivity contribution in [3.63, 3.8) is 0 Å². The molecule has 0 radical (unpaired) electrons. The van der Waals surface area contributed by atoms with Crippen molar-refractivity contribution < 1.29 is 4.57 Å². The van der Waals surface area contributed by atoms with Crippen molar-refractivity contribution in [3.05, 3.63) is 65.4 Å². The molecule has 0 unspecified atom stereocenters. The van der Waals surface area contributed by atoms with E-state index in [1.807, 2.05) is 0 Å². The highest BCUT2D eigenvalue weighted by atomic mass is 14.9. The van der Waals surface area contributed by atoms with Gasteiger partial charge in [-0.3, -0.25) is 0 Å². The van der Waals surface area contributed by atoms with Crippen LogP contribution in [0.4, 0.5) is 0 Å². The first-order chi connectivity index (χ1) is 10.5. The van der Waals surface area contributed by atoms with Crippen molar-refractivity contribution in [1.29, 1.82) is 0 Å². The summed E-state index contributed by atoms with van der Waals surface area (Å²) in [6.45, 7) is 8.87. The highest BCUT2D eigenvalue weighted by molar-refractivity contribution is 5.94. The minimum atomic E-state index is 0.556. The number of hydrogen-bond acceptors (Lipinski definition) is 0. The van der Waals surface area contributed by atoms with Crippen LogP contribution < -0.4 is 4.57 Å². The van der Waals surface area contributed by atoms with Gasteiger partial charge in [0.05, 0.1) is 5.39 Å². The van der Waals surface area contributed by atoms with Crippen LogP contribution in [-0.2, 0) is 7.05 Å². The highest BCUT2D eigenvalue weighted by Gasteiger charge is 2.19. The summed E-state index contributed by atoms with van der Waals surface area (Å²) in [7, 11) is 2.16.